The number of aryl methyl sites for hydroxylation is 4. The Morgan fingerprint density at radius 2 is 0.481 bits per heavy atom. The van der Waals surface area contributed by atoms with Crippen molar-refractivity contribution in [3.05, 3.63) is 231 Å². The summed E-state index contributed by atoms with van der Waals surface area (Å²) >= 11 is 1.90. The number of thiophene rings is 1. The zero-order chi connectivity index (χ0) is 52.4. The number of fused-ring (bicyclic) bond motifs is 19. The smallest absolute Gasteiger partial charge is 0.0554 e. The van der Waals surface area contributed by atoms with E-state index >= 15 is 0 Å². The lowest BCUT2D eigenvalue weighted by Gasteiger charge is -2.28. The van der Waals surface area contributed by atoms with Crippen LogP contribution in [0, 0.1) is 0 Å². The van der Waals surface area contributed by atoms with Gasteiger partial charge in [0.05, 0.1) is 11.4 Å². The number of hydrogen-bond donors (Lipinski definition) is 0. The number of para-hydroxylation sites is 4. The van der Waals surface area contributed by atoms with Gasteiger partial charge >= 0.3 is 0 Å². The summed E-state index contributed by atoms with van der Waals surface area (Å²) in [4.78, 5) is 5.04. The molecule has 5 aromatic heterocycles. The Morgan fingerprint density at radius 3 is 0.772 bits per heavy atom. The quantitative estimate of drug-likeness (QED) is 0.166. The third-order valence-electron chi connectivity index (χ3n) is 17.5. The largest absolute Gasteiger partial charge is 0.344 e. The third kappa shape index (κ3) is 6.16. The number of nitrogens with zero attached hydrogens (tertiary/aromatic N) is 6. The van der Waals surface area contributed by atoms with Gasteiger partial charge in [0, 0.05) is 169 Å². The topological polar surface area (TPSA) is 26.2 Å². The fraction of sp³-hybridized carbons (Fsp3) is 0.0556. The molecular weight excluding hydrogens is 981 g/mol. The van der Waals surface area contributed by atoms with Crippen LogP contribution in [0.1, 0.15) is 0 Å². The van der Waals surface area contributed by atoms with Gasteiger partial charge < -0.3 is 28.1 Å². The molecule has 0 saturated carbocycles. The van der Waals surface area contributed by atoms with Gasteiger partial charge in [-0.2, -0.15) is 0 Å². The highest BCUT2D eigenvalue weighted by Crippen LogP contribution is 2.52. The molecule has 0 unspecified atom stereocenters. The van der Waals surface area contributed by atoms with Gasteiger partial charge in [-0.3, -0.25) is 0 Å². The van der Waals surface area contributed by atoms with Crippen LogP contribution in [0.15, 0.2) is 231 Å². The molecule has 17 aromatic rings. The van der Waals surface area contributed by atoms with Gasteiger partial charge in [-0.05, 0) is 120 Å². The van der Waals surface area contributed by atoms with E-state index in [4.69, 9.17) is 0 Å². The van der Waals surface area contributed by atoms with Crippen LogP contribution in [0.25, 0.3) is 129 Å². The second-order valence-electron chi connectivity index (χ2n) is 21.5. The monoisotopic (exact) mass is 1030 g/mol. The van der Waals surface area contributed by atoms with Crippen molar-refractivity contribution in [2.75, 3.05) is 9.80 Å². The van der Waals surface area contributed by atoms with Crippen molar-refractivity contribution in [1.82, 2.24) is 18.3 Å². The Balaban J connectivity index is 0.941. The van der Waals surface area contributed by atoms with Crippen LogP contribution in [-0.4, -0.2) is 18.3 Å². The maximum absolute atomic E-state index is 2.52. The molecule has 5 heterocycles. The summed E-state index contributed by atoms with van der Waals surface area (Å²) in [7, 11) is 8.73. The van der Waals surface area contributed by atoms with Crippen molar-refractivity contribution in [3.8, 4) is 0 Å². The predicted molar refractivity (Wildman–Crippen MR) is 340 cm³/mol. The summed E-state index contributed by atoms with van der Waals surface area (Å²) in [5.74, 6) is 0. The molecule has 0 spiro atoms. The van der Waals surface area contributed by atoms with Crippen LogP contribution in [0.4, 0.5) is 34.1 Å². The van der Waals surface area contributed by atoms with E-state index in [-0.39, 0.29) is 0 Å². The molecule has 374 valence electrons. The van der Waals surface area contributed by atoms with Gasteiger partial charge in [0.15, 0.2) is 0 Å². The molecule has 12 aromatic carbocycles. The van der Waals surface area contributed by atoms with Crippen LogP contribution >= 0.6 is 11.3 Å². The van der Waals surface area contributed by atoms with Gasteiger partial charge in [0.25, 0.3) is 0 Å². The van der Waals surface area contributed by atoms with Crippen LogP contribution in [-0.2, 0) is 28.2 Å². The molecule has 0 fully saturated rings. The maximum Gasteiger partial charge on any atom is 0.0554 e. The summed E-state index contributed by atoms with van der Waals surface area (Å²) in [6.07, 6.45) is 0. The van der Waals surface area contributed by atoms with Crippen LogP contribution in [0.2, 0.25) is 0 Å². The second kappa shape index (κ2) is 16.4. The molecule has 79 heavy (non-hydrogen) atoms. The number of rotatable bonds is 6. The normalized spacial score (nSPS) is 12.3. The van der Waals surface area contributed by atoms with E-state index in [1.54, 1.807) is 0 Å². The fourth-order valence-electron chi connectivity index (χ4n) is 13.9. The first-order valence-corrected chi connectivity index (χ1v) is 28.0. The molecule has 0 atom stereocenters. The van der Waals surface area contributed by atoms with Crippen LogP contribution < -0.4 is 9.80 Å². The summed E-state index contributed by atoms with van der Waals surface area (Å²) in [5, 5.41) is 17.4. The number of aromatic nitrogens is 4. The summed E-state index contributed by atoms with van der Waals surface area (Å²) in [6, 6.07) is 86.5. The average molecular weight is 1030 g/mol. The molecule has 0 bridgehead atoms. The minimum atomic E-state index is 1.11. The average Bonchev–Trinajstić information content (AvgIpc) is 4.48. The van der Waals surface area contributed by atoms with Crippen molar-refractivity contribution >= 4 is 174 Å². The van der Waals surface area contributed by atoms with E-state index in [1.165, 1.54) is 129 Å². The highest BCUT2D eigenvalue weighted by molar-refractivity contribution is 7.26. The van der Waals surface area contributed by atoms with Gasteiger partial charge in [-0.1, -0.05) is 121 Å². The highest BCUT2D eigenvalue weighted by Gasteiger charge is 2.26. The lowest BCUT2D eigenvalue weighted by molar-refractivity contribution is 1.01. The van der Waals surface area contributed by atoms with E-state index in [0.29, 0.717) is 0 Å². The van der Waals surface area contributed by atoms with Crippen LogP contribution in [0.3, 0.4) is 0 Å². The Labute approximate surface area is 458 Å². The number of hydrogen-bond acceptors (Lipinski definition) is 3. The molecule has 0 aliphatic rings. The SMILES string of the molecule is Cn1c2ccccc2c2cc(N(c3ccc4c(c3)c3ccccc3n4C)c3cc4sc5cc(N(c6ccc7c(c6)c6ccccc6n7C)c6ccc7c(c6)c6ccccc6n7C)c6ccccc6c5c4c4ccccc34)ccc21. The predicted octanol–water partition coefficient (Wildman–Crippen LogP) is 19.9. The zero-order valence-corrected chi connectivity index (χ0v) is 44.8. The second-order valence-corrected chi connectivity index (χ2v) is 22.6. The fourth-order valence-corrected chi connectivity index (χ4v) is 15.1. The van der Waals surface area contributed by atoms with Crippen molar-refractivity contribution in [1.29, 1.82) is 0 Å². The van der Waals surface area contributed by atoms with Crippen molar-refractivity contribution in [3.63, 3.8) is 0 Å². The highest BCUT2D eigenvalue weighted by atomic mass is 32.1. The first-order valence-electron chi connectivity index (χ1n) is 27.1. The first-order chi connectivity index (χ1) is 38.9. The third-order valence-corrected chi connectivity index (χ3v) is 18.6. The van der Waals surface area contributed by atoms with Gasteiger partial charge in [0.1, 0.15) is 0 Å². The summed E-state index contributed by atoms with van der Waals surface area (Å²) < 4.78 is 11.8. The minimum absolute atomic E-state index is 1.11. The van der Waals surface area contributed by atoms with E-state index in [0.717, 1.165) is 34.1 Å². The van der Waals surface area contributed by atoms with Gasteiger partial charge in [-0.15, -0.1) is 11.3 Å². The van der Waals surface area contributed by atoms with E-state index in [9.17, 15) is 0 Å². The summed E-state index contributed by atoms with van der Waals surface area (Å²) in [5.41, 5.74) is 16.5. The lowest BCUT2D eigenvalue weighted by Crippen LogP contribution is -2.11. The molecule has 0 aliphatic heterocycles. The van der Waals surface area contributed by atoms with Crippen molar-refractivity contribution < 1.29 is 0 Å². The molecule has 0 saturated heterocycles. The standard InChI is InChI=1S/C72H50N6S/c1-73-59-25-13-9-19-49(59)55-37-43(29-33-63(55)73)77(44-30-34-64-56(38-44)50-20-10-14-26-60(50)74(64)2)67-41-69-71(53-23-7-5-17-47(53)67)72-54-24-8-6-18-48(54)68(42-70(72)79-69)78(45-31-35-65-57(39-45)51-21-11-15-27-61(51)75(65)3)46-32-36-66-58(40-46)52-22-12-16-28-62(52)76(66)4/h5-42H,1-4H3. The Kier molecular flexibility index (Phi) is 9.17. The minimum Gasteiger partial charge on any atom is -0.344 e. The molecule has 17 rings (SSSR count). The molecule has 0 amide bonds. The van der Waals surface area contributed by atoms with E-state index in [2.05, 4.69) is 287 Å². The molecule has 0 N–H and O–H groups in total. The number of anilines is 6. The van der Waals surface area contributed by atoms with E-state index in [1.807, 2.05) is 11.3 Å². The lowest BCUT2D eigenvalue weighted by atomic mass is 9.96. The van der Waals surface area contributed by atoms with Gasteiger partial charge in [0.2, 0.25) is 0 Å². The van der Waals surface area contributed by atoms with Crippen LogP contribution in [0.5, 0.6) is 0 Å². The Hall–Kier alpha value is -9.82. The number of benzene rings is 12. The van der Waals surface area contributed by atoms with Crippen molar-refractivity contribution in [2.45, 2.75) is 0 Å². The molecule has 6 nitrogen and oxygen atoms in total. The zero-order valence-electron chi connectivity index (χ0n) is 44.0. The first kappa shape index (κ1) is 44.3. The summed E-state index contributed by atoms with van der Waals surface area (Å²) in [6.45, 7) is 0. The van der Waals surface area contributed by atoms with Gasteiger partial charge in [-0.25, -0.2) is 0 Å². The maximum atomic E-state index is 2.52. The van der Waals surface area contributed by atoms with E-state index < -0.39 is 0 Å². The Bertz CT molecular complexity index is 4890. The Morgan fingerprint density at radius 1 is 0.241 bits per heavy atom. The molecule has 0 aliphatic carbocycles. The molecule has 0 radical (unpaired) electrons. The molecular formula is C72H50N6S. The van der Waals surface area contributed by atoms with Crippen molar-refractivity contribution in [2.24, 2.45) is 28.2 Å². The molecule has 7 heteroatoms.